The average molecular weight is 324 g/mol. The normalized spacial score (nSPS) is 11.3. The maximum absolute atomic E-state index is 13.1. The molecule has 0 unspecified atom stereocenters. The molecule has 4 rings (SSSR count). The lowest BCUT2D eigenvalue weighted by molar-refractivity contribution is 0.628. The maximum Gasteiger partial charge on any atom is 0.235 e. The summed E-state index contributed by atoms with van der Waals surface area (Å²) in [4.78, 5) is 0.720. The Labute approximate surface area is 136 Å². The molecule has 114 valence electrons. The SMILES string of the molecule is Cc1ccc(-c2nn3c(-c4ccc(F)cc4)nnc3s2)cc1C. The standard InChI is InChI=1S/C17H13FN4S/c1-10-3-4-13(9-11(10)2)16-21-22-15(19-20-17(22)23-16)12-5-7-14(18)8-6-12/h3-9H,1-2H3. The van der Waals surface area contributed by atoms with Crippen LogP contribution in [0.4, 0.5) is 4.39 Å². The highest BCUT2D eigenvalue weighted by molar-refractivity contribution is 7.19. The van der Waals surface area contributed by atoms with E-state index in [0.29, 0.717) is 5.82 Å². The van der Waals surface area contributed by atoms with Crippen molar-refractivity contribution in [1.29, 1.82) is 0 Å². The molecular weight excluding hydrogens is 311 g/mol. The van der Waals surface area contributed by atoms with Gasteiger partial charge in [-0.05, 0) is 55.3 Å². The molecule has 0 radical (unpaired) electrons. The minimum absolute atomic E-state index is 0.274. The average Bonchev–Trinajstić information content (AvgIpc) is 3.11. The second-order valence-electron chi connectivity index (χ2n) is 5.43. The van der Waals surface area contributed by atoms with Gasteiger partial charge in [-0.25, -0.2) is 4.39 Å². The Kier molecular flexibility index (Phi) is 3.20. The van der Waals surface area contributed by atoms with Crippen LogP contribution in [0.5, 0.6) is 0 Å². The number of aromatic nitrogens is 4. The fraction of sp³-hybridized carbons (Fsp3) is 0.118. The van der Waals surface area contributed by atoms with E-state index >= 15 is 0 Å². The highest BCUT2D eigenvalue weighted by atomic mass is 32.1. The summed E-state index contributed by atoms with van der Waals surface area (Å²) in [7, 11) is 0. The van der Waals surface area contributed by atoms with Gasteiger partial charge in [0, 0.05) is 11.1 Å². The molecule has 0 bridgehead atoms. The van der Waals surface area contributed by atoms with Gasteiger partial charge in [0.05, 0.1) is 0 Å². The van der Waals surface area contributed by atoms with E-state index in [1.807, 2.05) is 0 Å². The van der Waals surface area contributed by atoms with E-state index in [9.17, 15) is 4.39 Å². The van der Waals surface area contributed by atoms with E-state index in [1.165, 1.54) is 34.6 Å². The van der Waals surface area contributed by atoms with Crippen LogP contribution < -0.4 is 0 Å². The lowest BCUT2D eigenvalue weighted by atomic mass is 10.1. The predicted molar refractivity (Wildman–Crippen MR) is 89.0 cm³/mol. The molecule has 4 aromatic rings. The van der Waals surface area contributed by atoms with Gasteiger partial charge in [-0.3, -0.25) is 0 Å². The molecule has 0 aliphatic carbocycles. The quantitative estimate of drug-likeness (QED) is 0.553. The van der Waals surface area contributed by atoms with Crippen LogP contribution in [0.15, 0.2) is 42.5 Å². The first-order valence-electron chi connectivity index (χ1n) is 7.17. The molecule has 4 nitrogen and oxygen atoms in total. The van der Waals surface area contributed by atoms with Crippen molar-refractivity contribution < 1.29 is 4.39 Å². The van der Waals surface area contributed by atoms with E-state index in [1.54, 1.807) is 16.6 Å². The molecule has 0 N–H and O–H groups in total. The molecule has 0 spiro atoms. The van der Waals surface area contributed by atoms with Crippen LogP contribution in [0, 0.1) is 19.7 Å². The number of aryl methyl sites for hydroxylation is 2. The minimum atomic E-state index is -0.274. The monoisotopic (exact) mass is 324 g/mol. The van der Waals surface area contributed by atoms with Crippen molar-refractivity contribution in [3.8, 4) is 22.0 Å². The number of hydrogen-bond donors (Lipinski definition) is 0. The Balaban J connectivity index is 1.82. The van der Waals surface area contributed by atoms with Crippen LogP contribution in [0.3, 0.4) is 0 Å². The number of halogens is 1. The molecule has 0 saturated heterocycles. The molecule has 2 heterocycles. The highest BCUT2D eigenvalue weighted by Gasteiger charge is 2.14. The van der Waals surface area contributed by atoms with Crippen LogP contribution in [0.1, 0.15) is 11.1 Å². The van der Waals surface area contributed by atoms with Crippen molar-refractivity contribution in [2.24, 2.45) is 0 Å². The van der Waals surface area contributed by atoms with Gasteiger partial charge in [0.15, 0.2) is 5.82 Å². The zero-order valence-corrected chi connectivity index (χ0v) is 13.4. The van der Waals surface area contributed by atoms with E-state index in [0.717, 1.165) is 21.1 Å². The fourth-order valence-corrected chi connectivity index (χ4v) is 3.22. The van der Waals surface area contributed by atoms with Crippen LogP contribution in [0.2, 0.25) is 0 Å². The van der Waals surface area contributed by atoms with Gasteiger partial charge in [-0.2, -0.15) is 9.61 Å². The van der Waals surface area contributed by atoms with E-state index in [2.05, 4.69) is 47.3 Å². The molecule has 2 aromatic carbocycles. The lowest BCUT2D eigenvalue weighted by Gasteiger charge is -2.01. The molecule has 0 amide bonds. The third-order valence-corrected chi connectivity index (χ3v) is 4.80. The predicted octanol–water partition coefficient (Wildman–Crippen LogP) is 4.28. The van der Waals surface area contributed by atoms with Crippen LogP contribution in [-0.2, 0) is 0 Å². The number of benzene rings is 2. The van der Waals surface area contributed by atoms with Crippen molar-refractivity contribution in [1.82, 2.24) is 19.8 Å². The van der Waals surface area contributed by atoms with Gasteiger partial charge in [-0.15, -0.1) is 10.2 Å². The number of fused-ring (bicyclic) bond motifs is 1. The van der Waals surface area contributed by atoms with Crippen molar-refractivity contribution in [3.05, 3.63) is 59.4 Å². The number of hydrogen-bond acceptors (Lipinski definition) is 4. The molecule has 0 aliphatic heterocycles. The second kappa shape index (κ2) is 5.24. The van der Waals surface area contributed by atoms with Gasteiger partial charge >= 0.3 is 0 Å². The van der Waals surface area contributed by atoms with Gasteiger partial charge in [0.2, 0.25) is 4.96 Å². The third kappa shape index (κ3) is 2.41. The van der Waals surface area contributed by atoms with Crippen molar-refractivity contribution in [2.45, 2.75) is 13.8 Å². The molecule has 0 atom stereocenters. The van der Waals surface area contributed by atoms with Crippen LogP contribution in [0.25, 0.3) is 26.9 Å². The van der Waals surface area contributed by atoms with Crippen molar-refractivity contribution in [2.75, 3.05) is 0 Å². The van der Waals surface area contributed by atoms with Gasteiger partial charge in [-0.1, -0.05) is 23.5 Å². The zero-order chi connectivity index (χ0) is 16.0. The zero-order valence-electron chi connectivity index (χ0n) is 12.6. The van der Waals surface area contributed by atoms with Gasteiger partial charge in [0.1, 0.15) is 10.8 Å². The molecule has 0 fully saturated rings. The fourth-order valence-electron chi connectivity index (χ4n) is 2.39. The molecule has 0 saturated carbocycles. The summed E-state index contributed by atoms with van der Waals surface area (Å²) in [5.74, 6) is 0.343. The Bertz CT molecular complexity index is 1000. The summed E-state index contributed by atoms with van der Waals surface area (Å²) in [5, 5.41) is 13.9. The van der Waals surface area contributed by atoms with E-state index in [4.69, 9.17) is 0 Å². The van der Waals surface area contributed by atoms with E-state index in [-0.39, 0.29) is 5.82 Å². The Morgan fingerprint density at radius 1 is 0.913 bits per heavy atom. The Morgan fingerprint density at radius 3 is 2.39 bits per heavy atom. The number of nitrogens with zero attached hydrogens (tertiary/aromatic N) is 4. The van der Waals surface area contributed by atoms with E-state index < -0.39 is 0 Å². The summed E-state index contributed by atoms with van der Waals surface area (Å²) in [6.45, 7) is 4.17. The summed E-state index contributed by atoms with van der Waals surface area (Å²) < 4.78 is 14.8. The maximum atomic E-state index is 13.1. The summed E-state index contributed by atoms with van der Waals surface area (Å²) in [6, 6.07) is 12.5. The largest absolute Gasteiger partial charge is 0.235 e. The molecule has 2 aromatic heterocycles. The first-order valence-corrected chi connectivity index (χ1v) is 7.99. The van der Waals surface area contributed by atoms with Crippen molar-refractivity contribution in [3.63, 3.8) is 0 Å². The first kappa shape index (κ1) is 14.0. The first-order chi connectivity index (χ1) is 11.1. The smallest absolute Gasteiger partial charge is 0.207 e. The number of rotatable bonds is 2. The molecule has 0 aliphatic rings. The van der Waals surface area contributed by atoms with Crippen LogP contribution in [-0.4, -0.2) is 19.8 Å². The second-order valence-corrected chi connectivity index (χ2v) is 6.39. The topological polar surface area (TPSA) is 43.1 Å². The van der Waals surface area contributed by atoms with Crippen LogP contribution >= 0.6 is 11.3 Å². The molecular formula is C17H13FN4S. The minimum Gasteiger partial charge on any atom is -0.207 e. The van der Waals surface area contributed by atoms with Crippen molar-refractivity contribution >= 4 is 16.3 Å². The third-order valence-electron chi connectivity index (χ3n) is 3.85. The summed E-state index contributed by atoms with van der Waals surface area (Å²) in [6.07, 6.45) is 0. The van der Waals surface area contributed by atoms with Gasteiger partial charge < -0.3 is 0 Å². The van der Waals surface area contributed by atoms with Gasteiger partial charge in [0.25, 0.3) is 0 Å². The highest BCUT2D eigenvalue weighted by Crippen LogP contribution is 2.29. The summed E-state index contributed by atoms with van der Waals surface area (Å²) >= 11 is 1.49. The Morgan fingerprint density at radius 2 is 1.65 bits per heavy atom. The molecule has 23 heavy (non-hydrogen) atoms. The lowest BCUT2D eigenvalue weighted by Crippen LogP contribution is -1.91. The summed E-state index contributed by atoms with van der Waals surface area (Å²) in [5.41, 5.74) is 4.33. The Hall–Kier alpha value is -2.60. The molecule has 6 heteroatoms.